The summed E-state index contributed by atoms with van der Waals surface area (Å²) in [6.07, 6.45) is 1.03. The summed E-state index contributed by atoms with van der Waals surface area (Å²) in [5.74, 6) is 0.913. The molecule has 0 amide bonds. The first kappa shape index (κ1) is 9.78. The molecule has 0 rings (SSSR count). The van der Waals surface area contributed by atoms with Crippen LogP contribution in [0.15, 0.2) is 0 Å². The fourth-order valence-electron chi connectivity index (χ4n) is 0.0913. The number of hydrogen-bond acceptors (Lipinski definition) is 2. The molecule has 3 heteroatoms. The molecule has 0 heterocycles. The molecule has 0 aliphatic heterocycles. The molecular weight excluding hydrogens is 118 g/mol. The van der Waals surface area contributed by atoms with Crippen molar-refractivity contribution >= 4 is 25.0 Å². The largest absolute Gasteiger partial charge is 0.330 e. The molecule has 0 aliphatic rings. The first-order chi connectivity index (χ1) is 2.41. The van der Waals surface area contributed by atoms with Gasteiger partial charge < -0.3 is 5.73 Å². The summed E-state index contributed by atoms with van der Waals surface area (Å²) in [4.78, 5) is 0. The molecule has 0 fully saturated rings. The molecule has 0 atom stereocenters. The predicted octanol–water partition coefficient (Wildman–Crippen LogP) is 0.687. The second kappa shape index (κ2) is 9.14. The zero-order chi connectivity index (χ0) is 4.12. The number of halogens is 1. The molecule has 0 aromatic carbocycles. The van der Waals surface area contributed by atoms with Gasteiger partial charge in [0.1, 0.15) is 0 Å². The molecule has 0 bridgehead atoms. The Hall–Kier alpha value is 0.600. The minimum absolute atomic E-state index is 0. The lowest BCUT2D eigenvalue weighted by Crippen LogP contribution is -1.97. The van der Waals surface area contributed by atoms with E-state index < -0.39 is 0 Å². The monoisotopic (exact) mass is 127 g/mol. The molecule has 1 nitrogen and oxygen atoms in total. The van der Waals surface area contributed by atoms with Gasteiger partial charge in [-0.3, -0.25) is 0 Å². The van der Waals surface area contributed by atoms with Crippen molar-refractivity contribution in [3.8, 4) is 0 Å². The van der Waals surface area contributed by atoms with E-state index in [2.05, 4.69) is 12.6 Å². The van der Waals surface area contributed by atoms with E-state index >= 15 is 0 Å². The maximum absolute atomic E-state index is 5.09. The Labute approximate surface area is 50.1 Å². The van der Waals surface area contributed by atoms with Gasteiger partial charge >= 0.3 is 0 Å². The van der Waals surface area contributed by atoms with E-state index in [9.17, 15) is 0 Å². The maximum atomic E-state index is 5.09. The smallest absolute Gasteiger partial charge is 0.00695 e. The van der Waals surface area contributed by atoms with E-state index in [0.717, 1.165) is 18.7 Å². The van der Waals surface area contributed by atoms with Gasteiger partial charge in [0, 0.05) is 0 Å². The lowest BCUT2D eigenvalue weighted by molar-refractivity contribution is 0.946. The molecular formula is C3H10ClNS. The third-order valence-corrected chi connectivity index (χ3v) is 0.678. The summed E-state index contributed by atoms with van der Waals surface area (Å²) in [5.41, 5.74) is 5.09. The third kappa shape index (κ3) is 8.82. The summed E-state index contributed by atoms with van der Waals surface area (Å²) in [6, 6.07) is 0. The average molecular weight is 128 g/mol. The Morgan fingerprint density at radius 1 is 1.50 bits per heavy atom. The molecule has 40 valence electrons. The Morgan fingerprint density at radius 3 is 2.00 bits per heavy atom. The third-order valence-electron chi connectivity index (χ3n) is 0.362. The molecule has 0 spiro atoms. The summed E-state index contributed by atoms with van der Waals surface area (Å²) >= 11 is 3.92. The summed E-state index contributed by atoms with van der Waals surface area (Å²) in [7, 11) is 0. The van der Waals surface area contributed by atoms with Crippen molar-refractivity contribution in [3.63, 3.8) is 0 Å². The van der Waals surface area contributed by atoms with Crippen molar-refractivity contribution in [3.05, 3.63) is 0 Å². The highest BCUT2D eigenvalue weighted by Gasteiger charge is 1.68. The minimum atomic E-state index is 0. The zero-order valence-corrected chi connectivity index (χ0v) is 5.27. The standard InChI is InChI=1S/C3H9NS.ClH/c4-2-1-3-5;/h5H,1-4H2;1H. The maximum Gasteiger partial charge on any atom is -0.00695 e. The van der Waals surface area contributed by atoms with Crippen LogP contribution in [0.5, 0.6) is 0 Å². The van der Waals surface area contributed by atoms with Gasteiger partial charge in [-0.05, 0) is 18.7 Å². The van der Waals surface area contributed by atoms with Crippen LogP contribution >= 0.6 is 25.0 Å². The molecule has 0 unspecified atom stereocenters. The summed E-state index contributed by atoms with van der Waals surface area (Å²) < 4.78 is 0. The van der Waals surface area contributed by atoms with Crippen LogP contribution in [0, 0.1) is 0 Å². The normalized spacial score (nSPS) is 7.00. The number of rotatable bonds is 2. The molecule has 0 aromatic rings. The van der Waals surface area contributed by atoms with Crippen molar-refractivity contribution in [2.24, 2.45) is 5.73 Å². The van der Waals surface area contributed by atoms with Crippen LogP contribution in [-0.2, 0) is 0 Å². The second-order valence-corrected chi connectivity index (χ2v) is 1.31. The van der Waals surface area contributed by atoms with Crippen LogP contribution in [0.25, 0.3) is 0 Å². The highest BCUT2D eigenvalue weighted by molar-refractivity contribution is 7.80. The first-order valence-corrected chi connectivity index (χ1v) is 2.36. The van der Waals surface area contributed by atoms with Crippen molar-refractivity contribution in [2.75, 3.05) is 12.3 Å². The van der Waals surface area contributed by atoms with Crippen LogP contribution in [0.2, 0.25) is 0 Å². The van der Waals surface area contributed by atoms with E-state index in [1.807, 2.05) is 0 Å². The molecule has 0 aromatic heterocycles. The molecule has 6 heavy (non-hydrogen) atoms. The molecule has 0 saturated carbocycles. The fourth-order valence-corrected chi connectivity index (χ4v) is 0.274. The van der Waals surface area contributed by atoms with Crippen molar-refractivity contribution in [1.82, 2.24) is 0 Å². The van der Waals surface area contributed by atoms with Gasteiger partial charge in [-0.1, -0.05) is 0 Å². The zero-order valence-electron chi connectivity index (χ0n) is 3.55. The second-order valence-electron chi connectivity index (χ2n) is 0.866. The first-order valence-electron chi connectivity index (χ1n) is 1.72. The molecule has 2 N–H and O–H groups in total. The molecule has 0 saturated heterocycles. The van der Waals surface area contributed by atoms with E-state index in [0.29, 0.717) is 0 Å². The molecule has 0 aliphatic carbocycles. The topological polar surface area (TPSA) is 26.0 Å². The number of nitrogens with two attached hydrogens (primary N) is 1. The fraction of sp³-hybridized carbons (Fsp3) is 1.00. The predicted molar refractivity (Wildman–Crippen MR) is 34.8 cm³/mol. The van der Waals surface area contributed by atoms with E-state index in [1.165, 1.54) is 0 Å². The van der Waals surface area contributed by atoms with Crippen LogP contribution < -0.4 is 5.73 Å². The Kier molecular flexibility index (Phi) is 14.9. The quantitative estimate of drug-likeness (QED) is 0.525. The van der Waals surface area contributed by atoms with Crippen LogP contribution in [0.4, 0.5) is 0 Å². The highest BCUT2D eigenvalue weighted by atomic mass is 35.5. The van der Waals surface area contributed by atoms with Gasteiger partial charge in [-0.25, -0.2) is 0 Å². The average Bonchev–Trinajstić information content (AvgIpc) is 1.41. The van der Waals surface area contributed by atoms with Crippen LogP contribution in [0.1, 0.15) is 6.42 Å². The van der Waals surface area contributed by atoms with E-state index in [4.69, 9.17) is 5.73 Å². The lowest BCUT2D eigenvalue weighted by atomic mass is 10.5. The van der Waals surface area contributed by atoms with E-state index in [1.54, 1.807) is 0 Å². The Bertz CT molecular complexity index is 18.3. The molecule has 0 radical (unpaired) electrons. The lowest BCUT2D eigenvalue weighted by Gasteiger charge is -1.79. The Morgan fingerprint density at radius 2 is 2.00 bits per heavy atom. The SMILES string of the molecule is Cl.NCCCS. The summed E-state index contributed by atoms with van der Waals surface area (Å²) in [5, 5.41) is 0. The minimum Gasteiger partial charge on any atom is -0.330 e. The van der Waals surface area contributed by atoms with Crippen LogP contribution in [-0.4, -0.2) is 12.3 Å². The van der Waals surface area contributed by atoms with E-state index in [-0.39, 0.29) is 12.4 Å². The van der Waals surface area contributed by atoms with Gasteiger partial charge in [-0.15, -0.1) is 12.4 Å². The number of hydrogen-bond donors (Lipinski definition) is 2. The van der Waals surface area contributed by atoms with Crippen LogP contribution in [0.3, 0.4) is 0 Å². The van der Waals surface area contributed by atoms with Crippen molar-refractivity contribution in [2.45, 2.75) is 6.42 Å². The van der Waals surface area contributed by atoms with Gasteiger partial charge in [0.25, 0.3) is 0 Å². The van der Waals surface area contributed by atoms with Gasteiger partial charge in [0.2, 0.25) is 0 Å². The highest BCUT2D eigenvalue weighted by Crippen LogP contribution is 1.74. The summed E-state index contributed by atoms with van der Waals surface area (Å²) in [6.45, 7) is 0.767. The van der Waals surface area contributed by atoms with Gasteiger partial charge in [-0.2, -0.15) is 12.6 Å². The van der Waals surface area contributed by atoms with Crippen molar-refractivity contribution < 1.29 is 0 Å². The van der Waals surface area contributed by atoms with Crippen molar-refractivity contribution in [1.29, 1.82) is 0 Å². The Balaban J connectivity index is 0. The van der Waals surface area contributed by atoms with Gasteiger partial charge in [0.05, 0.1) is 0 Å². The van der Waals surface area contributed by atoms with Gasteiger partial charge in [0.15, 0.2) is 0 Å². The number of thiol groups is 1.